The van der Waals surface area contributed by atoms with Crippen LogP contribution in [0.4, 0.5) is 0 Å². The van der Waals surface area contributed by atoms with Gasteiger partial charge in [-0.1, -0.05) is 48.5 Å². The Labute approximate surface area is 101 Å². The number of rotatable bonds is 1. The SMILES string of the molecule is O=S([O-])c1cc2ccccc2c2ccccc12. The van der Waals surface area contributed by atoms with E-state index in [1.165, 1.54) is 0 Å². The van der Waals surface area contributed by atoms with Gasteiger partial charge >= 0.3 is 0 Å². The highest BCUT2D eigenvalue weighted by molar-refractivity contribution is 7.79. The van der Waals surface area contributed by atoms with Crippen LogP contribution < -0.4 is 0 Å². The van der Waals surface area contributed by atoms with Crippen molar-refractivity contribution >= 4 is 32.6 Å². The topological polar surface area (TPSA) is 40.1 Å². The summed E-state index contributed by atoms with van der Waals surface area (Å²) in [7, 11) is 0. The van der Waals surface area contributed by atoms with Crippen molar-refractivity contribution in [1.29, 1.82) is 0 Å². The lowest BCUT2D eigenvalue weighted by Crippen LogP contribution is -1.91. The normalized spacial score (nSPS) is 13.0. The second-order valence-corrected chi connectivity index (χ2v) is 4.79. The molecule has 0 aromatic heterocycles. The Morgan fingerprint density at radius 2 is 1.41 bits per heavy atom. The second-order valence-electron chi connectivity index (χ2n) is 3.88. The molecule has 3 aromatic rings. The summed E-state index contributed by atoms with van der Waals surface area (Å²) in [6.45, 7) is 0. The van der Waals surface area contributed by atoms with Gasteiger partial charge < -0.3 is 4.55 Å². The molecule has 84 valence electrons. The lowest BCUT2D eigenvalue weighted by molar-refractivity contribution is 0.538. The van der Waals surface area contributed by atoms with Crippen LogP contribution in [0.15, 0.2) is 59.5 Å². The molecule has 1 unspecified atom stereocenters. The maximum absolute atomic E-state index is 11.3. The molecule has 0 N–H and O–H groups in total. The van der Waals surface area contributed by atoms with Gasteiger partial charge in [0.1, 0.15) is 0 Å². The highest BCUT2D eigenvalue weighted by Crippen LogP contribution is 2.29. The van der Waals surface area contributed by atoms with E-state index in [0.29, 0.717) is 4.90 Å². The van der Waals surface area contributed by atoms with Gasteiger partial charge in [0.2, 0.25) is 0 Å². The predicted octanol–water partition coefficient (Wildman–Crippen LogP) is 3.23. The molecule has 0 radical (unpaired) electrons. The second kappa shape index (κ2) is 3.95. The third-order valence-electron chi connectivity index (χ3n) is 2.91. The quantitative estimate of drug-likeness (QED) is 0.484. The Balaban J connectivity index is 2.59. The van der Waals surface area contributed by atoms with Crippen LogP contribution in [0, 0.1) is 0 Å². The molecular weight excluding hydrogens is 232 g/mol. The van der Waals surface area contributed by atoms with Crippen LogP contribution in [0.3, 0.4) is 0 Å². The smallest absolute Gasteiger partial charge is 0.0333 e. The Kier molecular flexibility index (Phi) is 2.42. The zero-order valence-electron chi connectivity index (χ0n) is 8.92. The molecule has 0 saturated carbocycles. The third kappa shape index (κ3) is 1.64. The molecule has 17 heavy (non-hydrogen) atoms. The lowest BCUT2D eigenvalue weighted by atomic mass is 10.0. The van der Waals surface area contributed by atoms with Crippen molar-refractivity contribution in [3.05, 3.63) is 54.6 Å². The summed E-state index contributed by atoms with van der Waals surface area (Å²) in [5.74, 6) is 0. The molecule has 2 nitrogen and oxygen atoms in total. The summed E-state index contributed by atoms with van der Waals surface area (Å²) in [6, 6.07) is 17.1. The summed E-state index contributed by atoms with van der Waals surface area (Å²) in [6.07, 6.45) is 0. The number of fused-ring (bicyclic) bond motifs is 3. The zero-order valence-corrected chi connectivity index (χ0v) is 9.74. The van der Waals surface area contributed by atoms with Crippen molar-refractivity contribution in [3.63, 3.8) is 0 Å². The third-order valence-corrected chi connectivity index (χ3v) is 3.61. The van der Waals surface area contributed by atoms with Gasteiger partial charge in [0.25, 0.3) is 0 Å². The van der Waals surface area contributed by atoms with Crippen LogP contribution in [0.2, 0.25) is 0 Å². The van der Waals surface area contributed by atoms with Crippen molar-refractivity contribution < 1.29 is 8.76 Å². The average Bonchev–Trinajstić information content (AvgIpc) is 2.37. The maximum Gasteiger partial charge on any atom is 0.0333 e. The molecular formula is C14H9O2S-. The van der Waals surface area contributed by atoms with Gasteiger partial charge in [-0.2, -0.15) is 0 Å². The molecule has 3 rings (SSSR count). The van der Waals surface area contributed by atoms with E-state index in [9.17, 15) is 8.76 Å². The van der Waals surface area contributed by atoms with Crippen LogP contribution in [-0.4, -0.2) is 8.76 Å². The number of benzene rings is 3. The minimum Gasteiger partial charge on any atom is -0.768 e. The van der Waals surface area contributed by atoms with E-state index in [1.807, 2.05) is 48.5 Å². The predicted molar refractivity (Wildman–Crippen MR) is 68.6 cm³/mol. The molecule has 1 atom stereocenters. The van der Waals surface area contributed by atoms with Gasteiger partial charge in [-0.15, -0.1) is 0 Å². The minimum atomic E-state index is -2.21. The molecule has 0 saturated heterocycles. The molecule has 0 bridgehead atoms. The Morgan fingerprint density at radius 1 is 0.824 bits per heavy atom. The largest absolute Gasteiger partial charge is 0.768 e. The molecule has 3 aromatic carbocycles. The molecule has 0 fully saturated rings. The van der Waals surface area contributed by atoms with E-state index in [0.717, 1.165) is 21.5 Å². The first-order chi connectivity index (χ1) is 8.27. The summed E-state index contributed by atoms with van der Waals surface area (Å²) < 4.78 is 22.5. The zero-order chi connectivity index (χ0) is 11.8. The summed E-state index contributed by atoms with van der Waals surface area (Å²) in [4.78, 5) is 0.360. The standard InChI is InChI=1S/C14H10O2S/c15-17(16)14-9-10-5-1-2-6-11(10)12-7-3-4-8-13(12)14/h1-9H,(H,15,16)/p-1. The molecule has 0 aliphatic carbocycles. The first-order valence-corrected chi connectivity index (χ1v) is 6.34. The molecule has 3 heteroatoms. The summed E-state index contributed by atoms with van der Waals surface area (Å²) >= 11 is -2.21. The van der Waals surface area contributed by atoms with Crippen LogP contribution in [0.5, 0.6) is 0 Å². The van der Waals surface area contributed by atoms with Gasteiger partial charge in [-0.25, -0.2) is 0 Å². The van der Waals surface area contributed by atoms with Crippen molar-refractivity contribution in [2.75, 3.05) is 0 Å². The maximum atomic E-state index is 11.3. The minimum absolute atomic E-state index is 0.360. The van der Waals surface area contributed by atoms with Crippen molar-refractivity contribution in [2.24, 2.45) is 0 Å². The van der Waals surface area contributed by atoms with Crippen molar-refractivity contribution in [1.82, 2.24) is 0 Å². The van der Waals surface area contributed by atoms with E-state index >= 15 is 0 Å². The van der Waals surface area contributed by atoms with Gasteiger partial charge in [-0.05, 0) is 38.7 Å². The van der Waals surface area contributed by atoms with Gasteiger partial charge in [0, 0.05) is 4.90 Å². The van der Waals surface area contributed by atoms with E-state index in [4.69, 9.17) is 0 Å². The van der Waals surface area contributed by atoms with Crippen LogP contribution in [-0.2, 0) is 11.1 Å². The number of hydrogen-bond donors (Lipinski definition) is 0. The van der Waals surface area contributed by atoms with E-state index in [2.05, 4.69) is 0 Å². The fourth-order valence-corrected chi connectivity index (χ4v) is 2.74. The molecule has 0 amide bonds. The first-order valence-electron chi connectivity index (χ1n) is 5.27. The van der Waals surface area contributed by atoms with Gasteiger partial charge in [-0.3, -0.25) is 4.21 Å². The summed E-state index contributed by atoms with van der Waals surface area (Å²) in [5, 5.41) is 3.78. The highest BCUT2D eigenvalue weighted by atomic mass is 32.2. The Hall–Kier alpha value is -1.71. The number of hydrogen-bond acceptors (Lipinski definition) is 2. The summed E-state index contributed by atoms with van der Waals surface area (Å²) in [5.41, 5.74) is 0. The molecule has 0 heterocycles. The first kappa shape index (κ1) is 10.4. The Morgan fingerprint density at radius 3 is 2.12 bits per heavy atom. The Bertz CT molecular complexity index is 734. The van der Waals surface area contributed by atoms with Crippen LogP contribution >= 0.6 is 0 Å². The van der Waals surface area contributed by atoms with Gasteiger partial charge in [0.05, 0.1) is 0 Å². The van der Waals surface area contributed by atoms with Crippen molar-refractivity contribution in [2.45, 2.75) is 4.90 Å². The van der Waals surface area contributed by atoms with E-state index < -0.39 is 11.1 Å². The molecule has 0 spiro atoms. The monoisotopic (exact) mass is 241 g/mol. The van der Waals surface area contributed by atoms with E-state index in [1.54, 1.807) is 6.07 Å². The molecule has 0 aliphatic heterocycles. The fourth-order valence-electron chi connectivity index (χ4n) is 2.16. The lowest BCUT2D eigenvalue weighted by Gasteiger charge is -2.12. The highest BCUT2D eigenvalue weighted by Gasteiger charge is 2.05. The van der Waals surface area contributed by atoms with Crippen molar-refractivity contribution in [3.8, 4) is 0 Å². The van der Waals surface area contributed by atoms with Gasteiger partial charge in [0.15, 0.2) is 0 Å². The average molecular weight is 241 g/mol. The van der Waals surface area contributed by atoms with E-state index in [-0.39, 0.29) is 0 Å². The van der Waals surface area contributed by atoms with Crippen LogP contribution in [0.25, 0.3) is 21.5 Å². The van der Waals surface area contributed by atoms with Crippen LogP contribution in [0.1, 0.15) is 0 Å². The molecule has 0 aliphatic rings. The fraction of sp³-hybridized carbons (Fsp3) is 0.